The second-order valence-corrected chi connectivity index (χ2v) is 13.4. The first-order valence-electron chi connectivity index (χ1n) is 17.9. The number of hydrogen-bond acceptors (Lipinski definition) is 1. The van der Waals surface area contributed by atoms with Crippen LogP contribution in [0, 0.1) is 0 Å². The van der Waals surface area contributed by atoms with E-state index in [4.69, 9.17) is 0 Å². The summed E-state index contributed by atoms with van der Waals surface area (Å²) in [6, 6.07) is 74.8. The van der Waals surface area contributed by atoms with Gasteiger partial charge in [-0.2, -0.15) is 0 Å². The minimum absolute atomic E-state index is 1.12. The molecular formula is C50H34N2. The molecule has 1 aromatic heterocycles. The van der Waals surface area contributed by atoms with Crippen LogP contribution >= 0.6 is 0 Å². The third-order valence-corrected chi connectivity index (χ3v) is 10.3. The van der Waals surface area contributed by atoms with Crippen LogP contribution in [-0.4, -0.2) is 4.57 Å². The molecule has 52 heavy (non-hydrogen) atoms. The van der Waals surface area contributed by atoms with Crippen molar-refractivity contribution in [1.82, 2.24) is 4.57 Å². The summed E-state index contributed by atoms with van der Waals surface area (Å²) in [5.41, 5.74) is 11.7. The molecule has 0 saturated carbocycles. The number of aromatic nitrogens is 1. The van der Waals surface area contributed by atoms with Gasteiger partial charge in [-0.25, -0.2) is 0 Å². The van der Waals surface area contributed by atoms with Crippen molar-refractivity contribution < 1.29 is 0 Å². The second-order valence-electron chi connectivity index (χ2n) is 13.4. The van der Waals surface area contributed by atoms with E-state index in [2.05, 4.69) is 216 Å². The molecule has 0 N–H and O–H groups in total. The molecule has 0 amide bonds. The predicted octanol–water partition coefficient (Wildman–Crippen LogP) is 13.9. The third kappa shape index (κ3) is 5.04. The van der Waals surface area contributed by atoms with Gasteiger partial charge >= 0.3 is 0 Å². The monoisotopic (exact) mass is 662 g/mol. The highest BCUT2D eigenvalue weighted by atomic mass is 15.1. The molecule has 0 saturated heterocycles. The smallest absolute Gasteiger partial charge is 0.0541 e. The highest BCUT2D eigenvalue weighted by Gasteiger charge is 2.20. The van der Waals surface area contributed by atoms with Gasteiger partial charge in [0.25, 0.3) is 0 Å². The van der Waals surface area contributed by atoms with Gasteiger partial charge in [0.2, 0.25) is 0 Å². The largest absolute Gasteiger partial charge is 0.310 e. The normalized spacial score (nSPS) is 11.5. The van der Waals surface area contributed by atoms with Crippen LogP contribution in [0.25, 0.3) is 71.3 Å². The molecule has 0 aliphatic carbocycles. The lowest BCUT2D eigenvalue weighted by Crippen LogP contribution is -2.11. The highest BCUT2D eigenvalue weighted by molar-refractivity contribution is 6.11. The van der Waals surface area contributed by atoms with Gasteiger partial charge in [-0.3, -0.25) is 0 Å². The zero-order valence-corrected chi connectivity index (χ0v) is 28.5. The minimum Gasteiger partial charge on any atom is -0.310 e. The van der Waals surface area contributed by atoms with E-state index >= 15 is 0 Å². The summed E-state index contributed by atoms with van der Waals surface area (Å²) in [6.07, 6.45) is 0. The maximum Gasteiger partial charge on any atom is 0.0541 e. The van der Waals surface area contributed by atoms with Crippen molar-refractivity contribution in [3.8, 4) is 27.9 Å². The fourth-order valence-corrected chi connectivity index (χ4v) is 7.92. The van der Waals surface area contributed by atoms with Gasteiger partial charge in [0.15, 0.2) is 0 Å². The zero-order valence-electron chi connectivity index (χ0n) is 28.5. The molecule has 0 aliphatic heterocycles. The Morgan fingerprint density at radius 3 is 1.58 bits per heavy atom. The van der Waals surface area contributed by atoms with Crippen molar-refractivity contribution in [3.63, 3.8) is 0 Å². The Hall–Kier alpha value is -6.90. The number of anilines is 3. The minimum atomic E-state index is 1.12. The molecule has 0 radical (unpaired) electrons. The Kier molecular flexibility index (Phi) is 7.18. The second kappa shape index (κ2) is 12.5. The molecule has 0 fully saturated rings. The molecule has 0 unspecified atom stereocenters. The number of hydrogen-bond donors (Lipinski definition) is 0. The molecule has 0 bridgehead atoms. The Labute approximate surface area is 303 Å². The predicted molar refractivity (Wildman–Crippen MR) is 221 cm³/mol. The topological polar surface area (TPSA) is 8.17 Å². The summed E-state index contributed by atoms with van der Waals surface area (Å²) < 4.78 is 2.38. The quantitative estimate of drug-likeness (QED) is 0.172. The molecule has 2 nitrogen and oxygen atoms in total. The maximum absolute atomic E-state index is 2.42. The molecule has 0 atom stereocenters. The SMILES string of the molecule is c1ccc(-n2c3ccccc3c3cc(-c4ccccc4-c4ccccc4N(c4ccc5ccccc5c4)c4ccc5ccccc5c4)ccc32)cc1. The van der Waals surface area contributed by atoms with Crippen LogP contribution in [0.1, 0.15) is 0 Å². The maximum atomic E-state index is 2.42. The summed E-state index contributed by atoms with van der Waals surface area (Å²) >= 11 is 0. The fourth-order valence-electron chi connectivity index (χ4n) is 7.92. The van der Waals surface area contributed by atoms with E-state index in [1.807, 2.05) is 0 Å². The van der Waals surface area contributed by atoms with Crippen LogP contribution in [0.5, 0.6) is 0 Å². The number of fused-ring (bicyclic) bond motifs is 5. The number of para-hydroxylation sites is 3. The van der Waals surface area contributed by atoms with E-state index in [1.54, 1.807) is 0 Å². The summed E-state index contributed by atoms with van der Waals surface area (Å²) in [5, 5.41) is 7.38. The summed E-state index contributed by atoms with van der Waals surface area (Å²) in [5.74, 6) is 0. The molecule has 0 aliphatic rings. The first-order chi connectivity index (χ1) is 25.8. The Bertz CT molecular complexity index is 2840. The summed E-state index contributed by atoms with van der Waals surface area (Å²) in [4.78, 5) is 2.42. The molecule has 9 aromatic carbocycles. The Morgan fingerprint density at radius 2 is 0.865 bits per heavy atom. The van der Waals surface area contributed by atoms with E-state index in [0.29, 0.717) is 0 Å². The average molecular weight is 663 g/mol. The van der Waals surface area contributed by atoms with Crippen molar-refractivity contribution >= 4 is 60.4 Å². The molecule has 10 rings (SSSR count). The standard InChI is InChI=1S/C50H34N2/c1-2-18-40(19-3-1)52-49-25-13-11-23-46(49)47-34-39(28-31-50(47)52)43-20-8-9-21-44(43)45-22-10-12-24-48(45)51(41-29-26-35-14-4-6-16-37(35)32-41)42-30-27-36-15-5-7-17-38(36)33-42/h1-34H. The van der Waals surface area contributed by atoms with Crippen LogP contribution in [-0.2, 0) is 0 Å². The lowest BCUT2D eigenvalue weighted by molar-refractivity contribution is 1.18. The van der Waals surface area contributed by atoms with E-state index in [9.17, 15) is 0 Å². The van der Waals surface area contributed by atoms with Crippen molar-refractivity contribution in [2.45, 2.75) is 0 Å². The van der Waals surface area contributed by atoms with Gasteiger partial charge in [-0.15, -0.1) is 0 Å². The van der Waals surface area contributed by atoms with Gasteiger partial charge in [0.1, 0.15) is 0 Å². The van der Waals surface area contributed by atoms with Gasteiger partial charge in [0, 0.05) is 33.4 Å². The van der Waals surface area contributed by atoms with Crippen molar-refractivity contribution in [1.29, 1.82) is 0 Å². The van der Waals surface area contributed by atoms with Gasteiger partial charge in [0.05, 0.1) is 16.7 Å². The van der Waals surface area contributed by atoms with Crippen molar-refractivity contribution in [3.05, 3.63) is 206 Å². The molecule has 2 heteroatoms. The van der Waals surface area contributed by atoms with Crippen molar-refractivity contribution in [2.24, 2.45) is 0 Å². The molecular weight excluding hydrogens is 629 g/mol. The van der Waals surface area contributed by atoms with Gasteiger partial charge in [-0.05, 0) is 98.9 Å². The van der Waals surface area contributed by atoms with E-state index in [-0.39, 0.29) is 0 Å². The van der Waals surface area contributed by atoms with Gasteiger partial charge < -0.3 is 9.47 Å². The number of nitrogens with zero attached hydrogens (tertiary/aromatic N) is 2. The molecule has 244 valence electrons. The summed E-state index contributed by atoms with van der Waals surface area (Å²) in [6.45, 7) is 0. The zero-order chi connectivity index (χ0) is 34.4. The lowest BCUT2D eigenvalue weighted by Gasteiger charge is -2.29. The van der Waals surface area contributed by atoms with Crippen LogP contribution in [0.4, 0.5) is 17.1 Å². The van der Waals surface area contributed by atoms with Crippen LogP contribution in [0.15, 0.2) is 206 Å². The third-order valence-electron chi connectivity index (χ3n) is 10.3. The lowest BCUT2D eigenvalue weighted by atomic mass is 9.92. The van der Waals surface area contributed by atoms with Crippen LogP contribution in [0.2, 0.25) is 0 Å². The average Bonchev–Trinajstić information content (AvgIpc) is 3.55. The first-order valence-corrected chi connectivity index (χ1v) is 17.9. The van der Waals surface area contributed by atoms with Crippen LogP contribution < -0.4 is 4.90 Å². The summed E-state index contributed by atoms with van der Waals surface area (Å²) in [7, 11) is 0. The van der Waals surface area contributed by atoms with Crippen LogP contribution in [0.3, 0.4) is 0 Å². The molecule has 1 heterocycles. The number of benzene rings is 9. The van der Waals surface area contributed by atoms with Crippen molar-refractivity contribution in [2.75, 3.05) is 4.90 Å². The molecule has 0 spiro atoms. The highest BCUT2D eigenvalue weighted by Crippen LogP contribution is 2.45. The Morgan fingerprint density at radius 1 is 0.327 bits per heavy atom. The van der Waals surface area contributed by atoms with E-state index in [1.165, 1.54) is 71.3 Å². The van der Waals surface area contributed by atoms with E-state index in [0.717, 1.165) is 17.1 Å². The first kappa shape index (κ1) is 30.0. The van der Waals surface area contributed by atoms with Gasteiger partial charge in [-0.1, -0.05) is 146 Å². The number of rotatable bonds is 6. The molecule has 10 aromatic rings. The fraction of sp³-hybridized carbons (Fsp3) is 0. The van der Waals surface area contributed by atoms with E-state index < -0.39 is 0 Å². The Balaban J connectivity index is 1.18.